The Morgan fingerprint density at radius 1 is 1.62 bits per heavy atom. The van der Waals surface area contributed by atoms with Crippen LogP contribution >= 0.6 is 39.3 Å². The van der Waals surface area contributed by atoms with Gasteiger partial charge in [-0.15, -0.1) is 0 Å². The van der Waals surface area contributed by atoms with E-state index in [-0.39, 0.29) is 22.6 Å². The highest BCUT2D eigenvalue weighted by Crippen LogP contribution is 2.24. The van der Waals surface area contributed by atoms with Gasteiger partial charge in [-0.1, -0.05) is 11.6 Å². The molecule has 1 atom stereocenters. The molecule has 1 unspecified atom stereocenters. The monoisotopic (exact) mass is 392 g/mol. The van der Waals surface area contributed by atoms with E-state index in [9.17, 15) is 9.59 Å². The molecule has 5 nitrogen and oxygen atoms in total. The van der Waals surface area contributed by atoms with E-state index >= 15 is 0 Å². The van der Waals surface area contributed by atoms with Crippen molar-refractivity contribution in [3.8, 4) is 0 Å². The van der Waals surface area contributed by atoms with Crippen molar-refractivity contribution < 1.29 is 14.3 Å². The highest BCUT2D eigenvalue weighted by atomic mass is 79.9. The van der Waals surface area contributed by atoms with Gasteiger partial charge in [-0.3, -0.25) is 4.79 Å². The minimum Gasteiger partial charge on any atom is -0.464 e. The summed E-state index contributed by atoms with van der Waals surface area (Å²) < 4.78 is 5.71. The van der Waals surface area contributed by atoms with Gasteiger partial charge in [0.1, 0.15) is 11.2 Å². The Balaban J connectivity index is 2.26. The largest absolute Gasteiger partial charge is 0.464 e. The molecule has 1 amide bonds. The van der Waals surface area contributed by atoms with Gasteiger partial charge in [0.2, 0.25) is 0 Å². The van der Waals surface area contributed by atoms with E-state index in [1.165, 1.54) is 11.1 Å². The summed E-state index contributed by atoms with van der Waals surface area (Å²) in [5, 5.41) is 0.129. The first-order valence-corrected chi connectivity index (χ1v) is 8.73. The lowest BCUT2D eigenvalue weighted by atomic mass is 10.2. The number of halogens is 2. The van der Waals surface area contributed by atoms with E-state index in [2.05, 4.69) is 20.9 Å². The molecule has 0 aliphatic carbocycles. The van der Waals surface area contributed by atoms with Crippen LogP contribution in [0, 0.1) is 0 Å². The first-order valence-electron chi connectivity index (χ1n) is 6.41. The van der Waals surface area contributed by atoms with E-state index in [0.717, 1.165) is 5.75 Å². The predicted molar refractivity (Wildman–Crippen MR) is 85.7 cm³/mol. The summed E-state index contributed by atoms with van der Waals surface area (Å²) in [6.45, 7) is 2.52. The Bertz CT molecular complexity index is 558. The number of carbonyl (C=O) groups excluding carboxylic acids is 2. The molecule has 1 saturated heterocycles. The van der Waals surface area contributed by atoms with Crippen LogP contribution in [-0.2, 0) is 9.53 Å². The summed E-state index contributed by atoms with van der Waals surface area (Å²) in [5.41, 5.74) is 0.284. The highest BCUT2D eigenvalue weighted by Gasteiger charge is 2.34. The van der Waals surface area contributed by atoms with Crippen molar-refractivity contribution in [2.24, 2.45) is 0 Å². The number of pyridine rings is 1. The normalized spacial score (nSPS) is 18.4. The third kappa shape index (κ3) is 3.90. The van der Waals surface area contributed by atoms with Gasteiger partial charge in [0, 0.05) is 28.7 Å². The van der Waals surface area contributed by atoms with Crippen molar-refractivity contribution in [3.63, 3.8) is 0 Å². The molecule has 1 fully saturated rings. The molecule has 0 spiro atoms. The summed E-state index contributed by atoms with van der Waals surface area (Å²) in [5.74, 6) is 0.633. The van der Waals surface area contributed by atoms with Gasteiger partial charge in [0.15, 0.2) is 0 Å². The maximum Gasteiger partial charge on any atom is 0.329 e. The number of rotatable bonds is 3. The third-order valence-electron chi connectivity index (χ3n) is 2.98. The molecular weight excluding hydrogens is 380 g/mol. The molecule has 2 heterocycles. The molecular formula is C13H14BrClN2O3S. The average Bonchev–Trinajstić information content (AvgIpc) is 2.49. The lowest BCUT2D eigenvalue weighted by Gasteiger charge is -2.33. The summed E-state index contributed by atoms with van der Waals surface area (Å²) in [4.78, 5) is 30.1. The fourth-order valence-corrected chi connectivity index (χ4v) is 3.55. The SMILES string of the molecule is CCOC(=O)C1CSCCN1C(=O)c1cc(Br)cnc1Cl. The average molecular weight is 394 g/mol. The molecule has 0 radical (unpaired) electrons. The predicted octanol–water partition coefficient (Wildman–Crippen LogP) is 2.62. The zero-order valence-electron chi connectivity index (χ0n) is 11.3. The number of ether oxygens (including phenoxy) is 1. The van der Waals surface area contributed by atoms with E-state index < -0.39 is 6.04 Å². The summed E-state index contributed by atoms with van der Waals surface area (Å²) >= 11 is 10.9. The lowest BCUT2D eigenvalue weighted by Crippen LogP contribution is -2.51. The molecule has 1 aromatic heterocycles. The Labute approximate surface area is 140 Å². The zero-order chi connectivity index (χ0) is 15.4. The molecule has 1 aliphatic heterocycles. The molecule has 1 aliphatic rings. The van der Waals surface area contributed by atoms with Crippen LogP contribution < -0.4 is 0 Å². The second-order valence-corrected chi connectivity index (χ2v) is 6.76. The number of aromatic nitrogens is 1. The lowest BCUT2D eigenvalue weighted by molar-refractivity contribution is -0.147. The number of esters is 1. The minimum atomic E-state index is -0.578. The molecule has 0 aromatic carbocycles. The Morgan fingerprint density at radius 2 is 2.38 bits per heavy atom. The molecule has 21 heavy (non-hydrogen) atoms. The van der Waals surface area contributed by atoms with Crippen molar-refractivity contribution >= 4 is 51.2 Å². The first kappa shape index (κ1) is 16.6. The maximum absolute atomic E-state index is 12.7. The number of hydrogen-bond acceptors (Lipinski definition) is 5. The summed E-state index contributed by atoms with van der Waals surface area (Å²) in [7, 11) is 0. The molecule has 0 saturated carbocycles. The fourth-order valence-electron chi connectivity index (χ4n) is 2.01. The third-order valence-corrected chi connectivity index (χ3v) is 4.74. The van der Waals surface area contributed by atoms with E-state index in [4.69, 9.17) is 16.3 Å². The number of nitrogens with zero attached hydrogens (tertiary/aromatic N) is 2. The van der Waals surface area contributed by atoms with Gasteiger partial charge >= 0.3 is 5.97 Å². The molecule has 0 N–H and O–H groups in total. The Kier molecular flexibility index (Phi) is 5.89. The van der Waals surface area contributed by atoms with Crippen molar-refractivity contribution in [1.82, 2.24) is 9.88 Å². The number of amides is 1. The van der Waals surface area contributed by atoms with Gasteiger partial charge < -0.3 is 9.64 Å². The maximum atomic E-state index is 12.7. The quantitative estimate of drug-likeness (QED) is 0.583. The van der Waals surface area contributed by atoms with Crippen molar-refractivity contribution in [1.29, 1.82) is 0 Å². The number of hydrogen-bond donors (Lipinski definition) is 0. The van der Waals surface area contributed by atoms with E-state index in [1.54, 1.807) is 24.8 Å². The van der Waals surface area contributed by atoms with Crippen molar-refractivity contribution in [3.05, 3.63) is 27.5 Å². The molecule has 2 rings (SSSR count). The second-order valence-electron chi connectivity index (χ2n) is 4.33. The van der Waals surface area contributed by atoms with Crippen LogP contribution in [0.25, 0.3) is 0 Å². The molecule has 0 bridgehead atoms. The van der Waals surface area contributed by atoms with Gasteiger partial charge in [-0.2, -0.15) is 11.8 Å². The van der Waals surface area contributed by atoms with Crippen LogP contribution in [0.3, 0.4) is 0 Å². The molecule has 114 valence electrons. The Hall–Kier alpha value is -0.790. The minimum absolute atomic E-state index is 0.129. The topological polar surface area (TPSA) is 59.5 Å². The van der Waals surface area contributed by atoms with Crippen LogP contribution in [0.1, 0.15) is 17.3 Å². The summed E-state index contributed by atoms with van der Waals surface area (Å²) in [6, 6.07) is 1.04. The fraction of sp³-hybridized carbons (Fsp3) is 0.462. The van der Waals surface area contributed by atoms with E-state index in [1.807, 2.05) is 0 Å². The smallest absolute Gasteiger partial charge is 0.329 e. The van der Waals surface area contributed by atoms with Gasteiger partial charge in [-0.25, -0.2) is 9.78 Å². The standard InChI is InChI=1S/C13H14BrClN2O3S/c1-2-20-13(19)10-7-21-4-3-17(10)12(18)9-5-8(14)6-16-11(9)15/h5-6,10H,2-4,7H2,1H3. The molecule has 1 aromatic rings. The zero-order valence-corrected chi connectivity index (χ0v) is 14.5. The number of carbonyl (C=O) groups is 2. The van der Waals surface area contributed by atoms with Crippen molar-refractivity contribution in [2.75, 3.05) is 24.7 Å². The van der Waals surface area contributed by atoms with Gasteiger partial charge in [0.05, 0.1) is 12.2 Å². The van der Waals surface area contributed by atoms with E-state index in [0.29, 0.717) is 23.4 Å². The van der Waals surface area contributed by atoms with Crippen LogP contribution in [0.15, 0.2) is 16.7 Å². The number of thioether (sulfide) groups is 1. The first-order chi connectivity index (χ1) is 10.0. The summed E-state index contributed by atoms with van der Waals surface area (Å²) in [6.07, 6.45) is 1.52. The van der Waals surface area contributed by atoms with Crippen LogP contribution in [0.2, 0.25) is 5.15 Å². The molecule has 8 heteroatoms. The van der Waals surface area contributed by atoms with Crippen LogP contribution in [0.4, 0.5) is 0 Å². The van der Waals surface area contributed by atoms with Crippen LogP contribution in [0.5, 0.6) is 0 Å². The highest BCUT2D eigenvalue weighted by molar-refractivity contribution is 9.10. The second kappa shape index (κ2) is 7.47. The van der Waals surface area contributed by atoms with Gasteiger partial charge in [0.25, 0.3) is 5.91 Å². The van der Waals surface area contributed by atoms with Gasteiger partial charge in [-0.05, 0) is 28.9 Å². The Morgan fingerprint density at radius 3 is 3.10 bits per heavy atom. The van der Waals surface area contributed by atoms with Crippen molar-refractivity contribution in [2.45, 2.75) is 13.0 Å². The van der Waals surface area contributed by atoms with Crippen LogP contribution in [-0.4, -0.2) is 52.5 Å².